The summed E-state index contributed by atoms with van der Waals surface area (Å²) in [4.78, 5) is 21.8. The smallest absolute Gasteiger partial charge is 0.203 e. The highest BCUT2D eigenvalue weighted by Crippen LogP contribution is 2.40. The Labute approximate surface area is 213 Å². The maximum absolute atomic E-state index is 13.2. The van der Waals surface area contributed by atoms with Crippen LogP contribution in [-0.2, 0) is 0 Å². The molecule has 8 nitrogen and oxygen atoms in total. The number of pyridine rings is 2. The number of hydrogen-bond donors (Lipinski definition) is 2. The molecular formula is C28H25FN4O4. The number of halogens is 1. The first-order valence-electron chi connectivity index (χ1n) is 11.2. The lowest BCUT2D eigenvalue weighted by Gasteiger charge is -2.15. The normalized spacial score (nSPS) is 10.7. The van der Waals surface area contributed by atoms with E-state index < -0.39 is 0 Å². The standard InChI is InChI=1S/C28H25FN4O4/c1-35-24-16-21(17-25(36-2)26(24)37-3)33-27-18(6-4-14-30-27)8-13-23(34)22-7-5-15-31-28(22)32-20-11-9-19(29)10-12-20/h4-17H,1-3H3,(H,30,33)(H,31,32). The van der Waals surface area contributed by atoms with E-state index in [4.69, 9.17) is 14.2 Å². The number of benzene rings is 2. The SMILES string of the molecule is COc1cc(Nc2ncccc2C=CC(=O)c2cccnc2Nc2ccc(F)cc2)cc(OC)c1OC. The third-order valence-corrected chi connectivity index (χ3v) is 5.36. The molecule has 0 bridgehead atoms. The average Bonchev–Trinajstić information content (AvgIpc) is 2.93. The van der Waals surface area contributed by atoms with E-state index in [1.807, 2.05) is 6.07 Å². The lowest BCUT2D eigenvalue weighted by atomic mass is 10.1. The fourth-order valence-corrected chi connectivity index (χ4v) is 3.58. The summed E-state index contributed by atoms with van der Waals surface area (Å²) in [6.07, 6.45) is 6.34. The van der Waals surface area contributed by atoms with E-state index in [9.17, 15) is 9.18 Å². The van der Waals surface area contributed by atoms with E-state index >= 15 is 0 Å². The first-order chi connectivity index (χ1) is 18.0. The van der Waals surface area contributed by atoms with Gasteiger partial charge in [0, 0.05) is 41.5 Å². The number of hydrogen-bond acceptors (Lipinski definition) is 8. The minimum Gasteiger partial charge on any atom is -0.493 e. The number of carbonyl (C=O) groups excluding carboxylic acids is 1. The van der Waals surface area contributed by atoms with E-state index in [-0.39, 0.29) is 11.6 Å². The van der Waals surface area contributed by atoms with E-state index in [0.717, 1.165) is 0 Å². The average molecular weight is 501 g/mol. The first-order valence-corrected chi connectivity index (χ1v) is 11.2. The molecule has 2 aromatic heterocycles. The van der Waals surface area contributed by atoms with Gasteiger partial charge in [-0.3, -0.25) is 4.79 Å². The van der Waals surface area contributed by atoms with Crippen molar-refractivity contribution in [2.45, 2.75) is 0 Å². The number of anilines is 4. The van der Waals surface area contributed by atoms with Gasteiger partial charge < -0.3 is 24.8 Å². The van der Waals surface area contributed by atoms with Crippen LogP contribution in [0.2, 0.25) is 0 Å². The van der Waals surface area contributed by atoms with E-state index in [0.29, 0.717) is 51.4 Å². The second kappa shape index (κ2) is 11.7. The molecule has 2 N–H and O–H groups in total. The number of allylic oxidation sites excluding steroid dienone is 1. The van der Waals surface area contributed by atoms with Gasteiger partial charge in [0.05, 0.1) is 26.9 Å². The minimum atomic E-state index is -0.349. The van der Waals surface area contributed by atoms with Gasteiger partial charge in [0.15, 0.2) is 17.3 Å². The van der Waals surface area contributed by atoms with Crippen molar-refractivity contribution in [3.8, 4) is 17.2 Å². The summed E-state index contributed by atoms with van der Waals surface area (Å²) in [7, 11) is 4.62. The van der Waals surface area contributed by atoms with Crippen molar-refractivity contribution in [1.29, 1.82) is 0 Å². The highest BCUT2D eigenvalue weighted by molar-refractivity contribution is 6.10. The predicted octanol–water partition coefficient (Wildman–Crippen LogP) is 6.02. The third kappa shape index (κ3) is 6.02. The molecule has 9 heteroatoms. The van der Waals surface area contributed by atoms with Crippen LogP contribution in [0.25, 0.3) is 6.08 Å². The number of rotatable bonds is 10. The molecule has 0 atom stereocenters. The van der Waals surface area contributed by atoms with Crippen LogP contribution < -0.4 is 24.8 Å². The lowest BCUT2D eigenvalue weighted by Crippen LogP contribution is -2.04. The van der Waals surface area contributed by atoms with Crippen molar-refractivity contribution in [2.75, 3.05) is 32.0 Å². The van der Waals surface area contributed by atoms with Gasteiger partial charge in [0.25, 0.3) is 0 Å². The maximum atomic E-state index is 13.2. The van der Waals surface area contributed by atoms with Crippen LogP contribution in [0.1, 0.15) is 15.9 Å². The van der Waals surface area contributed by atoms with Crippen LogP contribution in [0, 0.1) is 5.82 Å². The summed E-state index contributed by atoms with van der Waals surface area (Å²) in [5.74, 6) is 1.74. The lowest BCUT2D eigenvalue weighted by molar-refractivity contribution is 0.104. The van der Waals surface area contributed by atoms with Crippen LogP contribution in [0.4, 0.5) is 27.4 Å². The molecule has 0 aliphatic heterocycles. The molecule has 188 valence electrons. The number of carbonyl (C=O) groups is 1. The summed E-state index contributed by atoms with van der Waals surface area (Å²) in [6.45, 7) is 0. The zero-order valence-electron chi connectivity index (χ0n) is 20.5. The van der Waals surface area contributed by atoms with Gasteiger partial charge in [-0.25, -0.2) is 14.4 Å². The molecule has 0 saturated heterocycles. The maximum Gasteiger partial charge on any atom is 0.203 e. The van der Waals surface area contributed by atoms with Crippen molar-refractivity contribution in [3.63, 3.8) is 0 Å². The Kier molecular flexibility index (Phi) is 7.95. The summed E-state index contributed by atoms with van der Waals surface area (Å²) in [5, 5.41) is 6.30. The first kappa shape index (κ1) is 25.2. The zero-order chi connectivity index (χ0) is 26.2. The number of methoxy groups -OCH3 is 3. The van der Waals surface area contributed by atoms with Crippen molar-refractivity contribution in [3.05, 3.63) is 96.1 Å². The van der Waals surface area contributed by atoms with Crippen LogP contribution in [0.15, 0.2) is 79.1 Å². The Hall–Kier alpha value is -4.92. The predicted molar refractivity (Wildman–Crippen MR) is 141 cm³/mol. The Morgan fingerprint density at radius 3 is 2.08 bits per heavy atom. The van der Waals surface area contributed by atoms with Gasteiger partial charge in [-0.05, 0) is 60.7 Å². The summed E-state index contributed by atoms with van der Waals surface area (Å²) in [6, 6.07) is 16.3. The summed E-state index contributed by atoms with van der Waals surface area (Å²) >= 11 is 0. The molecule has 4 aromatic rings. The molecule has 4 rings (SSSR count). The summed E-state index contributed by atoms with van der Waals surface area (Å²) in [5.41, 5.74) is 2.32. The van der Waals surface area contributed by atoms with Gasteiger partial charge in [0.1, 0.15) is 17.5 Å². The van der Waals surface area contributed by atoms with Crippen molar-refractivity contribution in [2.24, 2.45) is 0 Å². The highest BCUT2D eigenvalue weighted by Gasteiger charge is 2.15. The molecule has 2 aromatic carbocycles. The number of nitrogens with zero attached hydrogens (tertiary/aromatic N) is 2. The number of aromatic nitrogens is 2. The second-order valence-electron chi connectivity index (χ2n) is 7.71. The number of ketones is 1. The Morgan fingerprint density at radius 1 is 0.811 bits per heavy atom. The quantitative estimate of drug-likeness (QED) is 0.202. The third-order valence-electron chi connectivity index (χ3n) is 5.36. The zero-order valence-corrected chi connectivity index (χ0v) is 20.5. The molecule has 0 amide bonds. The van der Waals surface area contributed by atoms with Gasteiger partial charge in [0.2, 0.25) is 5.75 Å². The Morgan fingerprint density at radius 2 is 1.43 bits per heavy atom. The Balaban J connectivity index is 1.57. The molecule has 37 heavy (non-hydrogen) atoms. The fourth-order valence-electron chi connectivity index (χ4n) is 3.58. The molecule has 2 heterocycles. The fraction of sp³-hybridized carbons (Fsp3) is 0.107. The van der Waals surface area contributed by atoms with Gasteiger partial charge >= 0.3 is 0 Å². The molecule has 0 aliphatic carbocycles. The molecular weight excluding hydrogens is 475 g/mol. The molecule has 0 saturated carbocycles. The van der Waals surface area contributed by atoms with Gasteiger partial charge in [-0.1, -0.05) is 0 Å². The second-order valence-corrected chi connectivity index (χ2v) is 7.71. The van der Waals surface area contributed by atoms with E-state index in [2.05, 4.69) is 20.6 Å². The topological polar surface area (TPSA) is 94.6 Å². The summed E-state index contributed by atoms with van der Waals surface area (Å²) < 4.78 is 29.5. The highest BCUT2D eigenvalue weighted by atomic mass is 19.1. The molecule has 0 fully saturated rings. The van der Waals surface area contributed by atoms with Crippen molar-refractivity contribution < 1.29 is 23.4 Å². The van der Waals surface area contributed by atoms with Crippen molar-refractivity contribution >= 4 is 34.9 Å². The van der Waals surface area contributed by atoms with Crippen LogP contribution >= 0.6 is 0 Å². The van der Waals surface area contributed by atoms with Crippen LogP contribution in [0.3, 0.4) is 0 Å². The molecule has 0 aliphatic rings. The van der Waals surface area contributed by atoms with E-state index in [1.165, 1.54) is 25.3 Å². The van der Waals surface area contributed by atoms with Crippen LogP contribution in [-0.4, -0.2) is 37.1 Å². The molecule has 0 unspecified atom stereocenters. The monoisotopic (exact) mass is 500 g/mol. The molecule has 0 spiro atoms. The number of ether oxygens (including phenoxy) is 3. The minimum absolute atomic E-state index is 0.264. The van der Waals surface area contributed by atoms with Crippen LogP contribution in [0.5, 0.6) is 17.2 Å². The van der Waals surface area contributed by atoms with Crippen molar-refractivity contribution in [1.82, 2.24) is 9.97 Å². The molecule has 0 radical (unpaired) electrons. The number of nitrogens with one attached hydrogen (secondary N) is 2. The van der Waals surface area contributed by atoms with Gasteiger partial charge in [-0.2, -0.15) is 0 Å². The van der Waals surface area contributed by atoms with Gasteiger partial charge in [-0.15, -0.1) is 0 Å². The Bertz CT molecular complexity index is 1400. The van der Waals surface area contributed by atoms with E-state index in [1.54, 1.807) is 75.2 Å². The largest absolute Gasteiger partial charge is 0.493 e.